The number of hydrogen-bond acceptors (Lipinski definition) is 5. The fraction of sp³-hybridized carbons (Fsp3) is 0.147. The molecular formula is C34H27Br2N3O3. The second-order valence-corrected chi connectivity index (χ2v) is 11.9. The standard InChI is InChI=1S/C34H27Br2N3O3/c1-20-32(33(22-7-5-4-6-8-22)28-17-25(36)13-14-29(28)37-20)30-19-31(21-9-11-24(35)12-10-21)39(38-30)34(40)23-15-26(41-2)18-27(16-23)42-3/h4-18,31H,19H2,1-3H3. The van der Waals surface area contributed by atoms with E-state index in [-0.39, 0.29) is 11.9 Å². The van der Waals surface area contributed by atoms with Gasteiger partial charge in [0.05, 0.1) is 31.5 Å². The Morgan fingerprint density at radius 3 is 2.17 bits per heavy atom. The van der Waals surface area contributed by atoms with E-state index in [1.165, 1.54) is 0 Å². The molecule has 0 fully saturated rings. The van der Waals surface area contributed by atoms with Gasteiger partial charge in [-0.3, -0.25) is 9.78 Å². The van der Waals surface area contributed by atoms with E-state index in [1.807, 2.05) is 61.5 Å². The maximum Gasteiger partial charge on any atom is 0.274 e. The molecule has 210 valence electrons. The van der Waals surface area contributed by atoms with Crippen LogP contribution in [0.1, 0.15) is 39.6 Å². The van der Waals surface area contributed by atoms with E-state index in [0.29, 0.717) is 23.5 Å². The normalized spacial score (nSPS) is 14.6. The Bertz CT molecular complexity index is 1820. The van der Waals surface area contributed by atoms with Gasteiger partial charge in [-0.1, -0.05) is 74.3 Å². The summed E-state index contributed by atoms with van der Waals surface area (Å²) in [4.78, 5) is 19.2. The molecule has 0 spiro atoms. The number of fused-ring (bicyclic) bond motifs is 1. The van der Waals surface area contributed by atoms with Gasteiger partial charge >= 0.3 is 0 Å². The summed E-state index contributed by atoms with van der Waals surface area (Å²) in [7, 11) is 3.14. The lowest BCUT2D eigenvalue weighted by Gasteiger charge is -2.22. The number of methoxy groups -OCH3 is 2. The lowest BCUT2D eigenvalue weighted by molar-refractivity contribution is 0.0710. The van der Waals surface area contributed by atoms with E-state index in [2.05, 4.69) is 50.1 Å². The highest BCUT2D eigenvalue weighted by Gasteiger charge is 2.36. The number of carbonyl (C=O) groups is 1. The summed E-state index contributed by atoms with van der Waals surface area (Å²) in [6, 6.07) is 29.3. The van der Waals surface area contributed by atoms with Crippen molar-refractivity contribution in [1.82, 2.24) is 9.99 Å². The topological polar surface area (TPSA) is 64.0 Å². The molecule has 5 aromatic rings. The van der Waals surface area contributed by atoms with Crippen molar-refractivity contribution < 1.29 is 14.3 Å². The molecule has 4 aromatic carbocycles. The molecule has 1 amide bonds. The molecule has 1 aliphatic rings. The second-order valence-electron chi connectivity index (χ2n) is 10.0. The Kier molecular flexibility index (Phi) is 7.84. The molecule has 1 aliphatic heterocycles. The predicted molar refractivity (Wildman–Crippen MR) is 173 cm³/mol. The summed E-state index contributed by atoms with van der Waals surface area (Å²) >= 11 is 7.19. The zero-order chi connectivity index (χ0) is 29.4. The van der Waals surface area contributed by atoms with Crippen LogP contribution >= 0.6 is 31.9 Å². The minimum absolute atomic E-state index is 0.245. The van der Waals surface area contributed by atoms with Crippen molar-refractivity contribution in [3.63, 3.8) is 0 Å². The van der Waals surface area contributed by atoms with Crippen LogP contribution in [0, 0.1) is 6.92 Å². The van der Waals surface area contributed by atoms with Crippen LogP contribution in [-0.2, 0) is 0 Å². The van der Waals surface area contributed by atoms with Gasteiger partial charge in [0.1, 0.15) is 11.5 Å². The molecule has 1 atom stereocenters. The first-order valence-corrected chi connectivity index (χ1v) is 15.0. The van der Waals surface area contributed by atoms with Crippen molar-refractivity contribution >= 4 is 54.4 Å². The molecule has 1 unspecified atom stereocenters. The number of aromatic nitrogens is 1. The van der Waals surface area contributed by atoms with Gasteiger partial charge in [-0.25, -0.2) is 5.01 Å². The first-order chi connectivity index (χ1) is 20.4. The third-order valence-corrected chi connectivity index (χ3v) is 8.47. The quantitative estimate of drug-likeness (QED) is 0.179. The van der Waals surface area contributed by atoms with Gasteiger partial charge < -0.3 is 9.47 Å². The van der Waals surface area contributed by atoms with E-state index in [9.17, 15) is 4.79 Å². The highest BCUT2D eigenvalue weighted by atomic mass is 79.9. The molecule has 0 N–H and O–H groups in total. The molecule has 0 aliphatic carbocycles. The lowest BCUT2D eigenvalue weighted by Crippen LogP contribution is -2.27. The number of aryl methyl sites for hydroxylation is 1. The van der Waals surface area contributed by atoms with Gasteiger partial charge in [0, 0.05) is 49.2 Å². The highest BCUT2D eigenvalue weighted by molar-refractivity contribution is 9.10. The minimum atomic E-state index is -0.320. The van der Waals surface area contributed by atoms with Gasteiger partial charge in [-0.15, -0.1) is 0 Å². The van der Waals surface area contributed by atoms with E-state index < -0.39 is 0 Å². The van der Waals surface area contributed by atoms with Crippen LogP contribution in [-0.4, -0.2) is 35.8 Å². The Morgan fingerprint density at radius 2 is 1.50 bits per heavy atom. The third-order valence-electron chi connectivity index (χ3n) is 7.45. The van der Waals surface area contributed by atoms with Crippen molar-refractivity contribution in [3.05, 3.63) is 122 Å². The minimum Gasteiger partial charge on any atom is -0.497 e. The van der Waals surface area contributed by atoms with Gasteiger partial charge in [0.15, 0.2) is 0 Å². The van der Waals surface area contributed by atoms with Crippen LogP contribution in [0.15, 0.2) is 105 Å². The van der Waals surface area contributed by atoms with Crippen molar-refractivity contribution in [2.75, 3.05) is 14.2 Å². The van der Waals surface area contributed by atoms with Crippen LogP contribution in [0.2, 0.25) is 0 Å². The first-order valence-electron chi connectivity index (χ1n) is 13.4. The summed E-state index contributed by atoms with van der Waals surface area (Å²) in [5.74, 6) is 0.825. The first kappa shape index (κ1) is 28.1. The zero-order valence-electron chi connectivity index (χ0n) is 23.3. The summed E-state index contributed by atoms with van der Waals surface area (Å²) < 4.78 is 12.8. The molecule has 0 bridgehead atoms. The number of pyridine rings is 1. The summed E-state index contributed by atoms with van der Waals surface area (Å²) in [6.07, 6.45) is 0.524. The number of hydrazone groups is 1. The molecule has 6 nitrogen and oxygen atoms in total. The fourth-order valence-electron chi connectivity index (χ4n) is 5.47. The Labute approximate surface area is 261 Å². The zero-order valence-corrected chi connectivity index (χ0v) is 26.4. The number of hydrogen-bond donors (Lipinski definition) is 0. The summed E-state index contributed by atoms with van der Waals surface area (Å²) in [5, 5.41) is 7.66. The van der Waals surface area contributed by atoms with Crippen molar-refractivity contribution in [3.8, 4) is 22.6 Å². The average Bonchev–Trinajstić information content (AvgIpc) is 3.45. The molecule has 0 saturated heterocycles. The fourth-order valence-corrected chi connectivity index (χ4v) is 6.10. The third kappa shape index (κ3) is 5.32. The molecule has 2 heterocycles. The maximum absolute atomic E-state index is 14.2. The molecule has 6 rings (SSSR count). The van der Waals surface area contributed by atoms with Crippen LogP contribution in [0.25, 0.3) is 22.0 Å². The molecule has 0 saturated carbocycles. The highest BCUT2D eigenvalue weighted by Crippen LogP contribution is 2.41. The van der Waals surface area contributed by atoms with Crippen LogP contribution in [0.3, 0.4) is 0 Å². The number of amides is 1. The Hall–Kier alpha value is -4.01. The van der Waals surface area contributed by atoms with E-state index in [1.54, 1.807) is 37.4 Å². The van der Waals surface area contributed by atoms with Gasteiger partial charge in [0.2, 0.25) is 0 Å². The number of benzene rings is 4. The largest absolute Gasteiger partial charge is 0.497 e. The predicted octanol–water partition coefficient (Wildman–Crippen LogP) is 8.74. The van der Waals surface area contributed by atoms with Gasteiger partial charge in [-0.05, 0) is 60.5 Å². The molecule has 42 heavy (non-hydrogen) atoms. The number of rotatable bonds is 6. The van der Waals surface area contributed by atoms with Gasteiger partial charge in [-0.2, -0.15) is 5.10 Å². The maximum atomic E-state index is 14.2. The van der Waals surface area contributed by atoms with Crippen LogP contribution in [0.5, 0.6) is 11.5 Å². The number of ether oxygens (including phenoxy) is 2. The summed E-state index contributed by atoms with van der Waals surface area (Å²) in [5.41, 5.74) is 7.02. The molecule has 8 heteroatoms. The average molecular weight is 685 g/mol. The molecule has 0 radical (unpaired) electrons. The second kappa shape index (κ2) is 11.7. The Morgan fingerprint density at radius 1 is 0.833 bits per heavy atom. The van der Waals surface area contributed by atoms with Crippen molar-refractivity contribution in [1.29, 1.82) is 0 Å². The monoisotopic (exact) mass is 683 g/mol. The van der Waals surface area contributed by atoms with E-state index >= 15 is 0 Å². The number of halogens is 2. The van der Waals surface area contributed by atoms with E-state index in [4.69, 9.17) is 19.6 Å². The summed E-state index contributed by atoms with van der Waals surface area (Å²) in [6.45, 7) is 2.01. The van der Waals surface area contributed by atoms with E-state index in [0.717, 1.165) is 53.5 Å². The Balaban J connectivity index is 1.56. The van der Waals surface area contributed by atoms with Crippen molar-refractivity contribution in [2.45, 2.75) is 19.4 Å². The molecule has 1 aromatic heterocycles. The molecular weight excluding hydrogens is 658 g/mol. The van der Waals surface area contributed by atoms with Crippen molar-refractivity contribution in [2.24, 2.45) is 5.10 Å². The lowest BCUT2D eigenvalue weighted by atomic mass is 9.89. The van der Waals surface area contributed by atoms with Crippen LogP contribution in [0.4, 0.5) is 0 Å². The van der Waals surface area contributed by atoms with Crippen LogP contribution < -0.4 is 9.47 Å². The number of carbonyl (C=O) groups excluding carboxylic acids is 1. The number of nitrogens with zero attached hydrogens (tertiary/aromatic N) is 3. The smallest absolute Gasteiger partial charge is 0.274 e. The van der Waals surface area contributed by atoms with Gasteiger partial charge in [0.25, 0.3) is 5.91 Å². The SMILES string of the molecule is COc1cc(OC)cc(C(=O)N2N=C(c3c(C)nc4ccc(Br)cc4c3-c3ccccc3)CC2c2ccc(Br)cc2)c1.